The maximum Gasteiger partial charge on any atom is 0.379 e. The third-order valence-electron chi connectivity index (χ3n) is 4.94. The van der Waals surface area contributed by atoms with Gasteiger partial charge in [0.1, 0.15) is 23.2 Å². The maximum atomic E-state index is 14.2. The van der Waals surface area contributed by atoms with Crippen molar-refractivity contribution in [3.63, 3.8) is 0 Å². The molecule has 0 bridgehead atoms. The van der Waals surface area contributed by atoms with Crippen molar-refractivity contribution in [3.05, 3.63) is 111 Å². The summed E-state index contributed by atoms with van der Waals surface area (Å²) in [5, 5.41) is 10.5. The smallest absolute Gasteiger partial charge is 0.379 e. The van der Waals surface area contributed by atoms with Crippen LogP contribution in [0, 0.1) is 17.5 Å². The lowest BCUT2D eigenvalue weighted by Gasteiger charge is -2.13. The Morgan fingerprint density at radius 3 is 2.40 bits per heavy atom. The van der Waals surface area contributed by atoms with Crippen LogP contribution in [-0.2, 0) is 27.3 Å². The van der Waals surface area contributed by atoms with E-state index in [4.69, 9.17) is 4.74 Å². The number of aromatic nitrogens is 1. The molecule has 3 rings (SSSR count). The fraction of sp³-hybridized carbons (Fsp3) is 0.192. The van der Waals surface area contributed by atoms with E-state index >= 15 is 0 Å². The Morgan fingerprint density at radius 2 is 1.74 bits per heavy atom. The number of aliphatic hydroxyl groups excluding tert-OH is 1. The Hall–Kier alpha value is -4.14. The summed E-state index contributed by atoms with van der Waals surface area (Å²) in [7, 11) is 0. The molecule has 182 valence electrons. The molecule has 0 atom stereocenters. The number of carbonyl (C=O) groups excluding carboxylic acids is 2. The number of ether oxygens (including phenoxy) is 1. The first-order chi connectivity index (χ1) is 16.5. The van der Waals surface area contributed by atoms with Gasteiger partial charge in [-0.2, -0.15) is 0 Å². The highest BCUT2D eigenvalue weighted by atomic mass is 19.1. The Kier molecular flexibility index (Phi) is 7.91. The quantitative estimate of drug-likeness (QED) is 0.222. The lowest BCUT2D eigenvalue weighted by atomic mass is 10.0. The van der Waals surface area contributed by atoms with Crippen LogP contribution in [0.4, 0.5) is 13.2 Å². The molecule has 0 saturated heterocycles. The largest absolute Gasteiger partial charge is 0.507 e. The van der Waals surface area contributed by atoms with Gasteiger partial charge in [-0.1, -0.05) is 24.3 Å². The minimum absolute atomic E-state index is 0.104. The molecule has 6 nitrogen and oxygen atoms in total. The molecule has 0 unspecified atom stereocenters. The molecule has 1 aromatic heterocycles. The number of ketones is 1. The van der Waals surface area contributed by atoms with Crippen LogP contribution in [0.15, 0.2) is 65.6 Å². The van der Waals surface area contributed by atoms with Gasteiger partial charge in [-0.3, -0.25) is 9.59 Å². The number of pyridine rings is 1. The molecule has 9 heteroatoms. The van der Waals surface area contributed by atoms with Crippen molar-refractivity contribution < 1.29 is 32.6 Å². The van der Waals surface area contributed by atoms with E-state index in [0.717, 1.165) is 10.6 Å². The van der Waals surface area contributed by atoms with Crippen molar-refractivity contribution in [2.75, 3.05) is 0 Å². The molecule has 0 aliphatic carbocycles. The highest BCUT2D eigenvalue weighted by Crippen LogP contribution is 2.18. The minimum atomic E-state index is -1.22. The normalized spacial score (nSPS) is 11.5. The Labute approximate surface area is 198 Å². The van der Waals surface area contributed by atoms with Crippen LogP contribution in [0.3, 0.4) is 0 Å². The van der Waals surface area contributed by atoms with Gasteiger partial charge in [0.15, 0.2) is 0 Å². The summed E-state index contributed by atoms with van der Waals surface area (Å²) in [6, 6.07) is 9.99. The predicted molar refractivity (Wildman–Crippen MR) is 122 cm³/mol. The van der Waals surface area contributed by atoms with Gasteiger partial charge in [-0.15, -0.1) is 0 Å². The summed E-state index contributed by atoms with van der Waals surface area (Å²) in [4.78, 5) is 37.0. The van der Waals surface area contributed by atoms with Gasteiger partial charge in [-0.25, -0.2) is 18.0 Å². The van der Waals surface area contributed by atoms with E-state index in [9.17, 15) is 32.7 Å². The molecule has 0 aliphatic rings. The Bertz CT molecular complexity index is 1360. The van der Waals surface area contributed by atoms with Crippen molar-refractivity contribution in [2.24, 2.45) is 0 Å². The van der Waals surface area contributed by atoms with Gasteiger partial charge in [0.25, 0.3) is 11.3 Å². The first-order valence-corrected chi connectivity index (χ1v) is 10.6. The third-order valence-corrected chi connectivity index (χ3v) is 4.94. The van der Waals surface area contributed by atoms with Crippen molar-refractivity contribution >= 4 is 17.5 Å². The first-order valence-electron chi connectivity index (χ1n) is 10.6. The molecule has 35 heavy (non-hydrogen) atoms. The first kappa shape index (κ1) is 25.5. The van der Waals surface area contributed by atoms with Crippen molar-refractivity contribution in [1.29, 1.82) is 0 Å². The monoisotopic (exact) mass is 485 g/mol. The van der Waals surface area contributed by atoms with Crippen LogP contribution in [-0.4, -0.2) is 27.5 Å². The Morgan fingerprint density at radius 1 is 1.03 bits per heavy atom. The van der Waals surface area contributed by atoms with E-state index in [1.54, 1.807) is 6.07 Å². The summed E-state index contributed by atoms with van der Waals surface area (Å²) in [5.41, 5.74) is -0.569. The van der Waals surface area contributed by atoms with Gasteiger partial charge < -0.3 is 14.4 Å². The van der Waals surface area contributed by atoms with Crippen LogP contribution in [0.25, 0.3) is 5.76 Å². The van der Waals surface area contributed by atoms with Crippen molar-refractivity contribution in [2.45, 2.75) is 32.9 Å². The zero-order valence-electron chi connectivity index (χ0n) is 18.9. The van der Waals surface area contributed by atoms with Gasteiger partial charge >= 0.3 is 5.97 Å². The summed E-state index contributed by atoms with van der Waals surface area (Å²) in [6.45, 7) is 2.84. The molecule has 2 aromatic carbocycles. The number of nitrogens with zero attached hydrogens (tertiary/aromatic N) is 1. The number of rotatable bonds is 8. The summed E-state index contributed by atoms with van der Waals surface area (Å²) in [6.07, 6.45) is 1.22. The molecular weight excluding hydrogens is 463 g/mol. The second kappa shape index (κ2) is 10.9. The molecular formula is C26H22F3NO5. The molecule has 0 saturated carbocycles. The molecule has 3 aromatic rings. The molecule has 0 fully saturated rings. The van der Waals surface area contributed by atoms with E-state index in [-0.39, 0.29) is 29.7 Å². The number of hydrogen-bond donors (Lipinski definition) is 1. The molecule has 0 radical (unpaired) electrons. The molecule has 0 aliphatic heterocycles. The lowest BCUT2D eigenvalue weighted by molar-refractivity contribution is -0.154. The molecule has 0 amide bonds. The minimum Gasteiger partial charge on any atom is -0.507 e. The fourth-order valence-electron chi connectivity index (χ4n) is 3.32. The number of hydrogen-bond acceptors (Lipinski definition) is 5. The highest BCUT2D eigenvalue weighted by molar-refractivity contribution is 6.39. The number of benzene rings is 2. The van der Waals surface area contributed by atoms with Crippen molar-refractivity contribution in [3.8, 4) is 0 Å². The lowest BCUT2D eigenvalue weighted by Crippen LogP contribution is -2.25. The van der Waals surface area contributed by atoms with Crippen LogP contribution >= 0.6 is 0 Å². The number of esters is 1. The average molecular weight is 485 g/mol. The summed E-state index contributed by atoms with van der Waals surface area (Å²) < 4.78 is 47.6. The zero-order chi connectivity index (χ0) is 25.7. The highest BCUT2D eigenvalue weighted by Gasteiger charge is 2.19. The van der Waals surface area contributed by atoms with Crippen LogP contribution in [0.1, 0.15) is 36.1 Å². The van der Waals surface area contributed by atoms with E-state index in [0.29, 0.717) is 17.7 Å². The predicted octanol–water partition coefficient (Wildman–Crippen LogP) is 4.32. The van der Waals surface area contributed by atoms with E-state index in [1.165, 1.54) is 50.4 Å². The SMILES string of the molecule is CC(C)OC(=O)C(=O)/C=C(\O)c1cc(Cc2ccc(F)cc2F)cn(Cc2ccccc2F)c1=O. The van der Waals surface area contributed by atoms with Gasteiger partial charge in [0.2, 0.25) is 0 Å². The number of halogens is 3. The standard InChI is InChI=1S/C26H22F3NO5/c1-15(2)35-26(34)24(32)12-23(31)20-10-16(9-17-7-8-19(27)11-22(17)29)13-30(25(20)33)14-18-5-3-4-6-21(18)28/h3-8,10-13,15,31H,9,14H2,1-2H3/b23-12-. The third kappa shape index (κ3) is 6.47. The topological polar surface area (TPSA) is 85.6 Å². The number of aliphatic hydroxyl groups is 1. The summed E-state index contributed by atoms with van der Waals surface area (Å²) in [5.74, 6) is -5.37. The second-order valence-electron chi connectivity index (χ2n) is 8.05. The van der Waals surface area contributed by atoms with Crippen molar-refractivity contribution in [1.82, 2.24) is 4.57 Å². The molecule has 0 spiro atoms. The van der Waals surface area contributed by atoms with Crippen LogP contribution in [0.2, 0.25) is 0 Å². The maximum absolute atomic E-state index is 14.2. The van der Waals surface area contributed by atoms with Crippen LogP contribution in [0.5, 0.6) is 0 Å². The van der Waals surface area contributed by atoms with E-state index in [1.807, 2.05) is 0 Å². The van der Waals surface area contributed by atoms with Gasteiger partial charge in [0.05, 0.1) is 18.2 Å². The summed E-state index contributed by atoms with van der Waals surface area (Å²) >= 11 is 0. The Balaban J connectivity index is 2.07. The van der Waals surface area contributed by atoms with Gasteiger partial charge in [-0.05, 0) is 43.2 Å². The number of carbonyl (C=O) groups is 2. The average Bonchev–Trinajstić information content (AvgIpc) is 2.78. The van der Waals surface area contributed by atoms with E-state index in [2.05, 4.69) is 0 Å². The van der Waals surface area contributed by atoms with E-state index < -0.39 is 46.6 Å². The fourth-order valence-corrected chi connectivity index (χ4v) is 3.32. The molecule has 1 N–H and O–H groups in total. The van der Waals surface area contributed by atoms with Gasteiger partial charge in [0, 0.05) is 30.3 Å². The van der Waals surface area contributed by atoms with Crippen LogP contribution < -0.4 is 5.56 Å². The molecule has 1 heterocycles. The second-order valence-corrected chi connectivity index (χ2v) is 8.05. The zero-order valence-corrected chi connectivity index (χ0v) is 18.9.